The zero-order chi connectivity index (χ0) is 32.9. The molecule has 0 spiro atoms. The van der Waals surface area contributed by atoms with E-state index in [4.69, 9.17) is 0 Å². The Morgan fingerprint density at radius 3 is 2.60 bits per heavy atom. The minimum absolute atomic E-state index is 0.0595. The first-order chi connectivity index (χ1) is 22.6. The van der Waals surface area contributed by atoms with Gasteiger partial charge in [-0.3, -0.25) is 23.6 Å². The molecule has 0 saturated carbocycles. The Hall–Kier alpha value is -5.78. The Morgan fingerprint density at radius 2 is 1.85 bits per heavy atom. The van der Waals surface area contributed by atoms with Crippen molar-refractivity contribution >= 4 is 38.4 Å². The summed E-state index contributed by atoms with van der Waals surface area (Å²) in [5.41, 5.74) is 4.41. The number of rotatable bonds is 7. The number of benzene rings is 2. The number of hydrogen-bond donors (Lipinski definition) is 3. The van der Waals surface area contributed by atoms with E-state index in [-0.39, 0.29) is 22.6 Å². The standard InChI is InChI=1S/C33H29N9O4S/c1-20(37-32(43)28-30(39-47(45,46)34-2)38-41-17-7-16-35-31(28)41)29-25-15-14-22-12-13-23(11-10-21-18-36-40(3)19-21)27(26(22)25)33(44)42(29)24-8-5-4-6-9-24/h4-9,12-13,16-20,34H,14-15H2,1-3H3,(H,37,43)(H,38,39)/t20-/m0/s1. The molecule has 47 heavy (non-hydrogen) atoms. The van der Waals surface area contributed by atoms with Gasteiger partial charge in [0.15, 0.2) is 11.5 Å². The van der Waals surface area contributed by atoms with Gasteiger partial charge in [0, 0.05) is 43.9 Å². The highest BCUT2D eigenvalue weighted by Crippen LogP contribution is 2.36. The van der Waals surface area contributed by atoms with E-state index in [1.807, 2.05) is 55.7 Å². The maximum Gasteiger partial charge on any atom is 0.300 e. The molecule has 2 aromatic carbocycles. The number of amides is 1. The first-order valence-corrected chi connectivity index (χ1v) is 16.3. The van der Waals surface area contributed by atoms with Crippen LogP contribution in [0.2, 0.25) is 0 Å². The molecule has 6 aromatic rings. The van der Waals surface area contributed by atoms with Gasteiger partial charge in [-0.2, -0.15) is 13.5 Å². The number of anilines is 1. The van der Waals surface area contributed by atoms with Gasteiger partial charge in [-0.1, -0.05) is 36.1 Å². The Balaban J connectivity index is 1.39. The fourth-order valence-corrected chi connectivity index (χ4v) is 6.62. The second kappa shape index (κ2) is 11.5. The van der Waals surface area contributed by atoms with E-state index in [0.29, 0.717) is 28.8 Å². The minimum atomic E-state index is -4.00. The predicted molar refractivity (Wildman–Crippen MR) is 177 cm³/mol. The number of aryl methyl sites for hydroxylation is 3. The Bertz CT molecular complexity index is 2450. The third kappa shape index (κ3) is 5.31. The monoisotopic (exact) mass is 647 g/mol. The largest absolute Gasteiger partial charge is 0.344 e. The summed E-state index contributed by atoms with van der Waals surface area (Å²) < 4.78 is 33.9. The molecule has 4 heterocycles. The summed E-state index contributed by atoms with van der Waals surface area (Å²) in [6.07, 6.45) is 7.91. The molecule has 0 radical (unpaired) electrons. The lowest BCUT2D eigenvalue weighted by molar-refractivity contribution is 0.0941. The molecule has 1 atom stereocenters. The molecular weight excluding hydrogens is 618 g/mol. The van der Waals surface area contributed by atoms with Crippen LogP contribution >= 0.6 is 0 Å². The van der Waals surface area contributed by atoms with Gasteiger partial charge in [-0.25, -0.2) is 14.2 Å². The molecule has 236 valence electrons. The zero-order valence-electron chi connectivity index (χ0n) is 25.6. The van der Waals surface area contributed by atoms with Gasteiger partial charge in [0.25, 0.3) is 21.7 Å². The molecule has 0 fully saturated rings. The van der Waals surface area contributed by atoms with E-state index < -0.39 is 22.2 Å². The highest BCUT2D eigenvalue weighted by molar-refractivity contribution is 7.90. The topological polar surface area (TPSA) is 157 Å². The average molecular weight is 648 g/mol. The molecule has 0 unspecified atom stereocenters. The van der Waals surface area contributed by atoms with Crippen molar-refractivity contribution in [1.82, 2.24) is 39.0 Å². The molecule has 4 aromatic heterocycles. The fourth-order valence-electron chi connectivity index (χ4n) is 6.12. The molecular formula is C33H29N9O4S. The van der Waals surface area contributed by atoms with Gasteiger partial charge in [0.2, 0.25) is 0 Å². The van der Waals surface area contributed by atoms with Crippen molar-refractivity contribution in [3.63, 3.8) is 0 Å². The van der Waals surface area contributed by atoms with Crippen LogP contribution in [0.15, 0.2) is 78.1 Å². The second-order valence-corrected chi connectivity index (χ2v) is 12.8. The quantitative estimate of drug-likeness (QED) is 0.225. The third-order valence-electron chi connectivity index (χ3n) is 8.15. The van der Waals surface area contributed by atoms with Gasteiger partial charge in [0.05, 0.1) is 28.9 Å². The molecule has 7 rings (SSSR count). The summed E-state index contributed by atoms with van der Waals surface area (Å²) >= 11 is 0. The SMILES string of the molecule is CNS(=O)(=O)Nc1nn2cccnc2c1C(=O)N[C@@H](C)c1c2c3c(ccc(C#Cc4cnn(C)c4)c3c(=O)n1-c1ccccc1)CC2. The van der Waals surface area contributed by atoms with Gasteiger partial charge in [-0.15, -0.1) is 5.10 Å². The smallest absolute Gasteiger partial charge is 0.300 e. The van der Waals surface area contributed by atoms with E-state index in [9.17, 15) is 18.0 Å². The maximum absolute atomic E-state index is 14.6. The maximum atomic E-state index is 14.6. The van der Waals surface area contributed by atoms with Crippen LogP contribution in [-0.2, 0) is 30.1 Å². The number of aromatic nitrogens is 6. The summed E-state index contributed by atoms with van der Waals surface area (Å²) in [6.45, 7) is 1.80. The lowest BCUT2D eigenvalue weighted by Gasteiger charge is -2.24. The molecule has 0 bridgehead atoms. The summed E-state index contributed by atoms with van der Waals surface area (Å²) in [5, 5.41) is 12.8. The van der Waals surface area contributed by atoms with Crippen LogP contribution in [0.5, 0.6) is 0 Å². The van der Waals surface area contributed by atoms with E-state index in [0.717, 1.165) is 28.5 Å². The van der Waals surface area contributed by atoms with Crippen molar-refractivity contribution in [2.75, 3.05) is 11.8 Å². The third-order valence-corrected chi connectivity index (χ3v) is 9.15. The highest BCUT2D eigenvalue weighted by Gasteiger charge is 2.31. The lowest BCUT2D eigenvalue weighted by atomic mass is 9.97. The van der Waals surface area contributed by atoms with Crippen molar-refractivity contribution in [1.29, 1.82) is 0 Å². The normalized spacial score (nSPS) is 13.0. The summed E-state index contributed by atoms with van der Waals surface area (Å²) in [5.74, 6) is 5.53. The summed E-state index contributed by atoms with van der Waals surface area (Å²) in [7, 11) is -0.942. The molecule has 13 nitrogen and oxygen atoms in total. The van der Waals surface area contributed by atoms with Crippen LogP contribution in [0.25, 0.3) is 22.1 Å². The second-order valence-electron chi connectivity index (χ2n) is 11.1. The van der Waals surface area contributed by atoms with Crippen LogP contribution in [-0.4, -0.2) is 50.3 Å². The number of carbonyl (C=O) groups excluding carboxylic acids is 1. The van der Waals surface area contributed by atoms with E-state index in [1.165, 1.54) is 17.8 Å². The lowest BCUT2D eigenvalue weighted by Crippen LogP contribution is -2.34. The van der Waals surface area contributed by atoms with Crippen molar-refractivity contribution in [3.8, 4) is 17.5 Å². The van der Waals surface area contributed by atoms with Gasteiger partial charge < -0.3 is 5.32 Å². The van der Waals surface area contributed by atoms with Crippen molar-refractivity contribution in [2.45, 2.75) is 25.8 Å². The van der Waals surface area contributed by atoms with Crippen molar-refractivity contribution in [2.24, 2.45) is 7.05 Å². The van der Waals surface area contributed by atoms with Crippen LogP contribution in [0.4, 0.5) is 5.82 Å². The molecule has 14 heteroatoms. The zero-order valence-corrected chi connectivity index (χ0v) is 26.5. The van der Waals surface area contributed by atoms with E-state index in [2.05, 4.69) is 41.8 Å². The minimum Gasteiger partial charge on any atom is -0.344 e. The van der Waals surface area contributed by atoms with Crippen LogP contribution in [0, 0.1) is 11.8 Å². The predicted octanol–water partition coefficient (Wildman–Crippen LogP) is 2.63. The van der Waals surface area contributed by atoms with Gasteiger partial charge >= 0.3 is 0 Å². The highest BCUT2D eigenvalue weighted by atomic mass is 32.2. The molecule has 1 aliphatic carbocycles. The van der Waals surface area contributed by atoms with Crippen LogP contribution in [0.3, 0.4) is 0 Å². The molecule has 1 aliphatic rings. The number of nitrogens with one attached hydrogen (secondary N) is 3. The van der Waals surface area contributed by atoms with Crippen LogP contribution < -0.4 is 20.3 Å². The Morgan fingerprint density at radius 1 is 1.04 bits per heavy atom. The number of carbonyl (C=O) groups is 1. The number of hydrogen-bond acceptors (Lipinski definition) is 7. The Labute approximate surface area is 269 Å². The molecule has 1 amide bonds. The number of para-hydroxylation sites is 1. The van der Waals surface area contributed by atoms with Crippen molar-refractivity contribution in [3.05, 3.63) is 117 Å². The van der Waals surface area contributed by atoms with Crippen molar-refractivity contribution < 1.29 is 13.2 Å². The number of nitrogens with zero attached hydrogens (tertiary/aromatic N) is 6. The molecule has 0 aliphatic heterocycles. The van der Waals surface area contributed by atoms with Crippen LogP contribution in [0.1, 0.15) is 51.3 Å². The van der Waals surface area contributed by atoms with Gasteiger partial charge in [-0.05, 0) is 60.5 Å². The molecule has 3 N–H and O–H groups in total. The van der Waals surface area contributed by atoms with Gasteiger partial charge in [0.1, 0.15) is 5.56 Å². The molecule has 0 saturated heterocycles. The van der Waals surface area contributed by atoms with E-state index in [1.54, 1.807) is 34.6 Å². The fraction of sp³-hybridized carbons (Fsp3) is 0.182. The average Bonchev–Trinajstić information content (AvgIpc) is 3.78. The van der Waals surface area contributed by atoms with E-state index >= 15 is 0 Å². The number of fused-ring (bicyclic) bond motifs is 1. The first-order valence-electron chi connectivity index (χ1n) is 14.8. The summed E-state index contributed by atoms with van der Waals surface area (Å²) in [6, 6.07) is 14.1. The summed E-state index contributed by atoms with van der Waals surface area (Å²) in [4.78, 5) is 32.9. The Kier molecular flexibility index (Phi) is 7.34. The first kappa shape index (κ1) is 29.9. The number of pyridine rings is 1.